The summed E-state index contributed by atoms with van der Waals surface area (Å²) in [4.78, 5) is 21.7. The minimum Gasteiger partial charge on any atom is -0.497 e. The second-order valence-corrected chi connectivity index (χ2v) is 7.98. The molecular weight excluding hydrogens is 400 g/mol. The number of aromatic nitrogens is 3. The van der Waals surface area contributed by atoms with Crippen molar-refractivity contribution in [2.24, 2.45) is 0 Å². The Bertz CT molecular complexity index is 1200. The van der Waals surface area contributed by atoms with Crippen molar-refractivity contribution in [3.63, 3.8) is 0 Å². The van der Waals surface area contributed by atoms with Crippen LogP contribution < -0.4 is 10.1 Å². The van der Waals surface area contributed by atoms with Crippen molar-refractivity contribution in [1.82, 2.24) is 15.1 Å². The smallest absolute Gasteiger partial charge is 0.238 e. The monoisotopic (exact) mass is 418 g/mol. The molecule has 3 aromatic heterocycles. The molecule has 1 amide bonds. The second kappa shape index (κ2) is 7.38. The van der Waals surface area contributed by atoms with Gasteiger partial charge >= 0.3 is 0 Å². The molecule has 30 heavy (non-hydrogen) atoms. The number of thiazole rings is 1. The normalized spacial score (nSPS) is 14.3. The zero-order valence-corrected chi connectivity index (χ0v) is 17.0. The predicted molar refractivity (Wildman–Crippen MR) is 113 cm³/mol. The maximum Gasteiger partial charge on any atom is 0.238 e. The van der Waals surface area contributed by atoms with E-state index in [0.29, 0.717) is 16.6 Å². The average molecular weight is 418 g/mol. The van der Waals surface area contributed by atoms with E-state index in [2.05, 4.69) is 20.4 Å². The van der Waals surface area contributed by atoms with Crippen molar-refractivity contribution in [3.8, 4) is 28.3 Å². The van der Waals surface area contributed by atoms with E-state index in [9.17, 15) is 4.79 Å². The summed E-state index contributed by atoms with van der Waals surface area (Å²) < 4.78 is 10.8. The van der Waals surface area contributed by atoms with Crippen molar-refractivity contribution in [2.45, 2.75) is 18.3 Å². The lowest BCUT2D eigenvalue weighted by Crippen LogP contribution is -2.28. The number of nitrogens with one attached hydrogen (secondary N) is 1. The number of carbonyl (C=O) groups is 1. The van der Waals surface area contributed by atoms with Crippen LogP contribution in [0.1, 0.15) is 18.5 Å². The van der Waals surface area contributed by atoms with Gasteiger partial charge in [0.05, 0.1) is 23.9 Å². The molecule has 0 unspecified atom stereocenters. The summed E-state index contributed by atoms with van der Waals surface area (Å²) in [6.45, 7) is 0. The fourth-order valence-electron chi connectivity index (χ4n) is 3.33. The van der Waals surface area contributed by atoms with Gasteiger partial charge in [0.25, 0.3) is 0 Å². The summed E-state index contributed by atoms with van der Waals surface area (Å²) in [6, 6.07) is 13.2. The van der Waals surface area contributed by atoms with E-state index >= 15 is 0 Å². The number of amides is 1. The molecule has 0 saturated heterocycles. The van der Waals surface area contributed by atoms with Crippen LogP contribution in [0.3, 0.4) is 0 Å². The molecule has 0 radical (unpaired) electrons. The summed E-state index contributed by atoms with van der Waals surface area (Å²) in [5, 5.41) is 9.61. The van der Waals surface area contributed by atoms with Gasteiger partial charge in [-0.05, 0) is 37.1 Å². The summed E-state index contributed by atoms with van der Waals surface area (Å²) >= 11 is 1.39. The van der Waals surface area contributed by atoms with E-state index in [1.165, 1.54) is 11.3 Å². The highest BCUT2D eigenvalue weighted by Gasteiger charge is 2.54. The topological polar surface area (TPSA) is 90.1 Å². The van der Waals surface area contributed by atoms with Crippen LogP contribution in [0, 0.1) is 0 Å². The van der Waals surface area contributed by atoms with E-state index in [-0.39, 0.29) is 5.91 Å². The Morgan fingerprint density at radius 1 is 1.20 bits per heavy atom. The van der Waals surface area contributed by atoms with E-state index in [1.807, 2.05) is 47.8 Å². The van der Waals surface area contributed by atoms with Crippen molar-refractivity contribution >= 4 is 22.4 Å². The lowest BCUT2D eigenvalue weighted by molar-refractivity contribution is -0.118. The van der Waals surface area contributed by atoms with E-state index < -0.39 is 5.41 Å². The Kier molecular flexibility index (Phi) is 4.55. The van der Waals surface area contributed by atoms with Gasteiger partial charge in [-0.1, -0.05) is 17.3 Å². The number of hydrogen-bond donors (Lipinski definition) is 1. The molecule has 0 bridgehead atoms. The Labute approximate surface area is 176 Å². The maximum atomic E-state index is 13.0. The molecule has 7 nitrogen and oxygen atoms in total. The third kappa shape index (κ3) is 3.35. The molecule has 0 spiro atoms. The fourth-order valence-corrected chi connectivity index (χ4v) is 4.05. The minimum absolute atomic E-state index is 0.111. The van der Waals surface area contributed by atoms with Crippen LogP contribution >= 0.6 is 11.3 Å². The first-order valence-electron chi connectivity index (χ1n) is 9.47. The van der Waals surface area contributed by atoms with Gasteiger partial charge in [-0.15, -0.1) is 11.3 Å². The van der Waals surface area contributed by atoms with Gasteiger partial charge in [-0.3, -0.25) is 9.78 Å². The lowest BCUT2D eigenvalue weighted by atomic mass is 10.0. The zero-order chi connectivity index (χ0) is 20.6. The Morgan fingerprint density at radius 3 is 2.83 bits per heavy atom. The largest absolute Gasteiger partial charge is 0.497 e. The highest BCUT2D eigenvalue weighted by molar-refractivity contribution is 7.14. The highest BCUT2D eigenvalue weighted by Crippen LogP contribution is 2.49. The van der Waals surface area contributed by atoms with Crippen LogP contribution in [0.2, 0.25) is 0 Å². The van der Waals surface area contributed by atoms with Gasteiger partial charge < -0.3 is 14.6 Å². The summed E-state index contributed by atoms with van der Waals surface area (Å²) in [6.07, 6.45) is 4.92. The standard InChI is InChI=1S/C22H18N4O3S/c1-28-16-6-2-4-14(10-16)18-11-19(26-29-18)22(7-8-22)20(27)25-21-24-17(13-30-21)15-5-3-9-23-12-15/h2-6,9-13H,7-8H2,1H3,(H,24,25,27). The van der Waals surface area contributed by atoms with Crippen LogP contribution in [-0.2, 0) is 10.2 Å². The summed E-state index contributed by atoms with van der Waals surface area (Å²) in [7, 11) is 1.62. The SMILES string of the molecule is COc1cccc(-c2cc(C3(C(=O)Nc4nc(-c5cccnc5)cs4)CC3)no2)c1. The minimum atomic E-state index is -0.666. The molecule has 150 valence electrons. The Hall–Kier alpha value is -3.52. The van der Waals surface area contributed by atoms with Crippen molar-refractivity contribution in [2.75, 3.05) is 12.4 Å². The first kappa shape index (κ1) is 18.5. The number of nitrogens with zero attached hydrogens (tertiary/aromatic N) is 3. The van der Waals surface area contributed by atoms with Gasteiger partial charge in [0, 0.05) is 35.0 Å². The second-order valence-electron chi connectivity index (χ2n) is 7.12. The number of methoxy groups -OCH3 is 1. The molecule has 3 heterocycles. The van der Waals surface area contributed by atoms with Gasteiger partial charge in [-0.25, -0.2) is 4.98 Å². The molecule has 1 fully saturated rings. The summed E-state index contributed by atoms with van der Waals surface area (Å²) in [5.74, 6) is 1.23. The van der Waals surface area contributed by atoms with E-state index in [4.69, 9.17) is 9.26 Å². The molecule has 1 saturated carbocycles. The molecule has 5 rings (SSSR count). The highest BCUT2D eigenvalue weighted by atomic mass is 32.1. The van der Waals surface area contributed by atoms with Crippen molar-refractivity contribution in [3.05, 3.63) is 65.9 Å². The van der Waals surface area contributed by atoms with Crippen LogP contribution in [0.5, 0.6) is 5.75 Å². The molecule has 1 N–H and O–H groups in total. The predicted octanol–water partition coefficient (Wildman–Crippen LogP) is 4.54. The van der Waals surface area contributed by atoms with Gasteiger partial charge in [0.15, 0.2) is 10.9 Å². The number of pyridine rings is 1. The third-order valence-electron chi connectivity index (χ3n) is 5.22. The average Bonchev–Trinajstić information content (AvgIpc) is 3.22. The molecule has 0 atom stereocenters. The zero-order valence-electron chi connectivity index (χ0n) is 16.2. The molecule has 1 aliphatic carbocycles. The van der Waals surface area contributed by atoms with Crippen LogP contribution in [0.15, 0.2) is 64.8 Å². The maximum absolute atomic E-state index is 13.0. The number of hydrogen-bond acceptors (Lipinski definition) is 7. The number of rotatable bonds is 6. The van der Waals surface area contributed by atoms with E-state index in [1.54, 1.807) is 19.5 Å². The van der Waals surface area contributed by atoms with Crippen LogP contribution in [-0.4, -0.2) is 28.1 Å². The third-order valence-corrected chi connectivity index (χ3v) is 5.98. The molecule has 0 aliphatic heterocycles. The van der Waals surface area contributed by atoms with Crippen LogP contribution in [0.4, 0.5) is 5.13 Å². The first-order chi connectivity index (χ1) is 14.7. The summed E-state index contributed by atoms with van der Waals surface area (Å²) in [5.41, 5.74) is 2.53. The number of carbonyl (C=O) groups excluding carboxylic acids is 1. The Balaban J connectivity index is 1.34. The van der Waals surface area contributed by atoms with Gasteiger partial charge in [0.1, 0.15) is 5.75 Å². The van der Waals surface area contributed by atoms with Crippen LogP contribution in [0.25, 0.3) is 22.6 Å². The quantitative estimate of drug-likeness (QED) is 0.494. The Morgan fingerprint density at radius 2 is 2.07 bits per heavy atom. The number of benzene rings is 1. The van der Waals surface area contributed by atoms with Gasteiger partial charge in [-0.2, -0.15) is 0 Å². The lowest BCUT2D eigenvalue weighted by Gasteiger charge is -2.10. The number of ether oxygens (including phenoxy) is 1. The molecule has 4 aromatic rings. The molecule has 1 aromatic carbocycles. The van der Waals surface area contributed by atoms with E-state index in [0.717, 1.165) is 35.4 Å². The van der Waals surface area contributed by atoms with Gasteiger partial charge in [0.2, 0.25) is 5.91 Å². The fraction of sp³-hybridized carbons (Fsp3) is 0.182. The van der Waals surface area contributed by atoms with Crippen molar-refractivity contribution < 1.29 is 14.1 Å². The molecule has 1 aliphatic rings. The molecule has 8 heteroatoms. The van der Waals surface area contributed by atoms with Crippen molar-refractivity contribution in [1.29, 1.82) is 0 Å². The number of anilines is 1. The molecular formula is C22H18N4O3S. The first-order valence-corrected chi connectivity index (χ1v) is 10.3.